The average Bonchev–Trinajstić information content (AvgIpc) is 3.20. The molecule has 3 aromatic carbocycles. The van der Waals surface area contributed by atoms with Crippen molar-refractivity contribution in [3.63, 3.8) is 0 Å². The molecule has 4 aromatic rings. The van der Waals surface area contributed by atoms with Gasteiger partial charge < -0.3 is 10.1 Å². The molecule has 3 N–H and O–H groups in total. The molecule has 10 heteroatoms. The van der Waals surface area contributed by atoms with E-state index in [0.29, 0.717) is 5.16 Å². The maximum absolute atomic E-state index is 12.7. The number of amides is 1. The standard InChI is InChI=1S/C24H24N4O4S2/c1-16(17-7-13-20(14-8-17)34(25,30)31)26-23(29)15-33-24-27-21-5-3-4-6-22(21)28(24)18-9-11-19(32-2)12-10-18/h3-14,16H,15H2,1-2H3,(H,26,29)(H2,25,30,31). The van der Waals surface area contributed by atoms with Crippen LogP contribution in [0.3, 0.4) is 0 Å². The summed E-state index contributed by atoms with van der Waals surface area (Å²) < 4.78 is 30.1. The van der Waals surface area contributed by atoms with E-state index in [1.54, 1.807) is 19.2 Å². The highest BCUT2D eigenvalue weighted by atomic mass is 32.2. The van der Waals surface area contributed by atoms with Crippen LogP contribution in [-0.4, -0.2) is 36.7 Å². The molecule has 0 fully saturated rings. The third-order valence-electron chi connectivity index (χ3n) is 5.28. The van der Waals surface area contributed by atoms with E-state index in [1.807, 2.05) is 60.0 Å². The minimum atomic E-state index is -3.76. The minimum absolute atomic E-state index is 0.0303. The zero-order chi connectivity index (χ0) is 24.3. The Morgan fingerprint density at radius 1 is 1.09 bits per heavy atom. The summed E-state index contributed by atoms with van der Waals surface area (Å²) in [6.45, 7) is 1.83. The Hall–Kier alpha value is -3.34. The highest BCUT2D eigenvalue weighted by Crippen LogP contribution is 2.29. The minimum Gasteiger partial charge on any atom is -0.497 e. The van der Waals surface area contributed by atoms with Crippen LogP contribution >= 0.6 is 11.8 Å². The fraction of sp³-hybridized carbons (Fsp3) is 0.167. The molecule has 1 heterocycles. The van der Waals surface area contributed by atoms with Gasteiger partial charge in [0.2, 0.25) is 15.9 Å². The number of rotatable bonds is 8. The Balaban J connectivity index is 1.49. The first-order valence-electron chi connectivity index (χ1n) is 10.4. The fourth-order valence-corrected chi connectivity index (χ4v) is 4.88. The molecule has 0 saturated carbocycles. The van der Waals surface area contributed by atoms with Crippen LogP contribution in [0.25, 0.3) is 16.7 Å². The van der Waals surface area contributed by atoms with E-state index in [0.717, 1.165) is 28.0 Å². The normalized spacial score (nSPS) is 12.4. The van der Waals surface area contributed by atoms with Gasteiger partial charge in [-0.3, -0.25) is 9.36 Å². The predicted octanol–water partition coefficient (Wildman–Crippen LogP) is 3.65. The van der Waals surface area contributed by atoms with Gasteiger partial charge in [-0.1, -0.05) is 36.0 Å². The molecule has 0 aliphatic heterocycles. The molecule has 0 spiro atoms. The number of primary sulfonamides is 1. The third kappa shape index (κ3) is 5.24. The van der Waals surface area contributed by atoms with Gasteiger partial charge in [-0.2, -0.15) is 0 Å². The molecule has 1 aromatic heterocycles. The molecule has 0 bridgehead atoms. The molecular weight excluding hydrogens is 472 g/mol. The highest BCUT2D eigenvalue weighted by molar-refractivity contribution is 7.99. The smallest absolute Gasteiger partial charge is 0.238 e. The van der Waals surface area contributed by atoms with Crippen LogP contribution in [0.2, 0.25) is 0 Å². The predicted molar refractivity (Wildman–Crippen MR) is 133 cm³/mol. The Bertz CT molecular complexity index is 1420. The van der Waals surface area contributed by atoms with Crippen molar-refractivity contribution in [2.24, 2.45) is 5.14 Å². The van der Waals surface area contributed by atoms with Gasteiger partial charge in [0.15, 0.2) is 5.16 Å². The summed E-state index contributed by atoms with van der Waals surface area (Å²) in [5.74, 6) is 0.758. The van der Waals surface area contributed by atoms with Crippen molar-refractivity contribution in [3.8, 4) is 11.4 Å². The maximum Gasteiger partial charge on any atom is 0.238 e. The fourth-order valence-electron chi connectivity index (χ4n) is 3.52. The second-order valence-corrected chi connectivity index (χ2v) is 10.1. The number of carbonyl (C=O) groups is 1. The number of carbonyl (C=O) groups excluding carboxylic acids is 1. The van der Waals surface area contributed by atoms with Crippen molar-refractivity contribution in [2.75, 3.05) is 12.9 Å². The van der Waals surface area contributed by atoms with Gasteiger partial charge in [0, 0.05) is 5.69 Å². The lowest BCUT2D eigenvalue weighted by Crippen LogP contribution is -2.28. The first-order valence-corrected chi connectivity index (χ1v) is 13.0. The topological polar surface area (TPSA) is 116 Å². The number of fused-ring (bicyclic) bond motifs is 1. The molecule has 34 heavy (non-hydrogen) atoms. The number of nitrogens with two attached hydrogens (primary N) is 1. The number of sulfonamides is 1. The summed E-state index contributed by atoms with van der Waals surface area (Å²) in [5.41, 5.74) is 3.47. The number of hydrogen-bond donors (Lipinski definition) is 2. The van der Waals surface area contributed by atoms with Gasteiger partial charge in [-0.15, -0.1) is 0 Å². The van der Waals surface area contributed by atoms with Crippen molar-refractivity contribution in [1.29, 1.82) is 0 Å². The molecule has 176 valence electrons. The van der Waals surface area contributed by atoms with Crippen LogP contribution < -0.4 is 15.2 Å². The van der Waals surface area contributed by atoms with E-state index in [9.17, 15) is 13.2 Å². The quantitative estimate of drug-likeness (QED) is 0.360. The summed E-state index contributed by atoms with van der Waals surface area (Å²) in [6, 6.07) is 21.3. The van der Waals surface area contributed by atoms with Gasteiger partial charge in [-0.25, -0.2) is 18.5 Å². The Morgan fingerprint density at radius 2 is 1.76 bits per heavy atom. The molecular formula is C24H24N4O4S2. The molecule has 1 amide bonds. The largest absolute Gasteiger partial charge is 0.497 e. The van der Waals surface area contributed by atoms with Gasteiger partial charge in [-0.05, 0) is 61.0 Å². The lowest BCUT2D eigenvalue weighted by molar-refractivity contribution is -0.119. The summed E-state index contributed by atoms with van der Waals surface area (Å²) in [4.78, 5) is 17.4. The maximum atomic E-state index is 12.7. The summed E-state index contributed by atoms with van der Waals surface area (Å²) in [7, 11) is -2.13. The van der Waals surface area contributed by atoms with Gasteiger partial charge in [0.05, 0.1) is 34.8 Å². The molecule has 0 saturated heterocycles. The van der Waals surface area contributed by atoms with Gasteiger partial charge in [0.25, 0.3) is 0 Å². The molecule has 1 unspecified atom stereocenters. The van der Waals surface area contributed by atoms with Crippen LogP contribution in [0.4, 0.5) is 0 Å². The number of nitrogens with zero attached hydrogens (tertiary/aromatic N) is 2. The lowest BCUT2D eigenvalue weighted by atomic mass is 10.1. The average molecular weight is 497 g/mol. The van der Waals surface area contributed by atoms with Crippen molar-refractivity contribution in [2.45, 2.75) is 23.0 Å². The number of benzene rings is 3. The summed E-state index contributed by atoms with van der Waals surface area (Å²) in [6.07, 6.45) is 0. The highest BCUT2D eigenvalue weighted by Gasteiger charge is 2.16. The summed E-state index contributed by atoms with van der Waals surface area (Å²) >= 11 is 1.34. The van der Waals surface area contributed by atoms with Crippen molar-refractivity contribution in [3.05, 3.63) is 78.4 Å². The van der Waals surface area contributed by atoms with Crippen molar-refractivity contribution >= 4 is 38.7 Å². The molecule has 0 radical (unpaired) electrons. The van der Waals surface area contributed by atoms with Crippen LogP contribution in [-0.2, 0) is 14.8 Å². The number of methoxy groups -OCH3 is 1. The van der Waals surface area contributed by atoms with Crippen LogP contribution in [0, 0.1) is 0 Å². The van der Waals surface area contributed by atoms with Crippen LogP contribution in [0.15, 0.2) is 82.8 Å². The number of imidazole rings is 1. The number of nitrogens with one attached hydrogen (secondary N) is 1. The third-order valence-corrected chi connectivity index (χ3v) is 7.15. The van der Waals surface area contributed by atoms with E-state index in [1.165, 1.54) is 23.9 Å². The van der Waals surface area contributed by atoms with Crippen molar-refractivity contribution < 1.29 is 17.9 Å². The number of thioether (sulfide) groups is 1. The monoisotopic (exact) mass is 496 g/mol. The Labute approximate surface area is 202 Å². The second kappa shape index (κ2) is 9.88. The zero-order valence-electron chi connectivity index (χ0n) is 18.6. The summed E-state index contributed by atoms with van der Waals surface area (Å²) in [5, 5.41) is 8.78. The molecule has 4 rings (SSSR count). The number of para-hydroxylation sites is 2. The van der Waals surface area contributed by atoms with Crippen LogP contribution in [0.1, 0.15) is 18.5 Å². The van der Waals surface area contributed by atoms with E-state index in [2.05, 4.69) is 5.32 Å². The molecule has 1 atom stereocenters. The van der Waals surface area contributed by atoms with Gasteiger partial charge >= 0.3 is 0 Å². The SMILES string of the molecule is COc1ccc(-n2c(SCC(=O)NC(C)c3ccc(S(N)(=O)=O)cc3)nc3ccccc32)cc1. The lowest BCUT2D eigenvalue weighted by Gasteiger charge is -2.15. The zero-order valence-corrected chi connectivity index (χ0v) is 20.3. The molecule has 0 aliphatic carbocycles. The molecule has 0 aliphatic rings. The number of aromatic nitrogens is 2. The first kappa shape index (κ1) is 23.8. The number of hydrogen-bond acceptors (Lipinski definition) is 6. The van der Waals surface area contributed by atoms with E-state index in [4.69, 9.17) is 14.9 Å². The van der Waals surface area contributed by atoms with Crippen LogP contribution in [0.5, 0.6) is 5.75 Å². The van der Waals surface area contributed by atoms with E-state index >= 15 is 0 Å². The van der Waals surface area contributed by atoms with Gasteiger partial charge in [0.1, 0.15) is 5.75 Å². The second-order valence-electron chi connectivity index (χ2n) is 7.61. The van der Waals surface area contributed by atoms with E-state index < -0.39 is 10.0 Å². The van der Waals surface area contributed by atoms with Crippen molar-refractivity contribution in [1.82, 2.24) is 14.9 Å². The Morgan fingerprint density at radius 3 is 2.41 bits per heavy atom. The van der Waals surface area contributed by atoms with E-state index in [-0.39, 0.29) is 22.6 Å². The number of ether oxygens (including phenoxy) is 1. The Kier molecular flexibility index (Phi) is 6.92. The molecule has 8 nitrogen and oxygen atoms in total. The first-order chi connectivity index (χ1) is 16.3.